The van der Waals surface area contributed by atoms with Gasteiger partial charge in [-0.05, 0) is 29.7 Å². The van der Waals surface area contributed by atoms with E-state index in [0.717, 1.165) is 22.9 Å². The van der Waals surface area contributed by atoms with Gasteiger partial charge in [0.25, 0.3) is 0 Å². The summed E-state index contributed by atoms with van der Waals surface area (Å²) in [6.07, 6.45) is 1.93. The molecule has 0 saturated carbocycles. The van der Waals surface area contributed by atoms with Crippen LogP contribution in [0.5, 0.6) is 0 Å². The zero-order valence-corrected chi connectivity index (χ0v) is 13.7. The van der Waals surface area contributed by atoms with Gasteiger partial charge < -0.3 is 14.8 Å². The van der Waals surface area contributed by atoms with E-state index in [0.29, 0.717) is 11.2 Å². The van der Waals surface area contributed by atoms with Crippen LogP contribution in [-0.2, 0) is 17.8 Å². The number of carboxylic acids is 1. The predicted octanol–water partition coefficient (Wildman–Crippen LogP) is 4.18. The van der Waals surface area contributed by atoms with E-state index >= 15 is 0 Å². The summed E-state index contributed by atoms with van der Waals surface area (Å²) >= 11 is 0. The van der Waals surface area contributed by atoms with Gasteiger partial charge in [-0.1, -0.05) is 37.3 Å². The zero-order chi connectivity index (χ0) is 17.8. The molecular weight excluding hydrogens is 320 g/mol. The predicted molar refractivity (Wildman–Crippen MR) is 94.9 cm³/mol. The van der Waals surface area contributed by atoms with Gasteiger partial charge >= 0.3 is 12.1 Å². The molecule has 0 saturated heterocycles. The van der Waals surface area contributed by atoms with E-state index in [-0.39, 0.29) is 12.2 Å². The molecule has 0 aliphatic heterocycles. The highest BCUT2D eigenvalue weighted by atomic mass is 16.5. The first-order valence-corrected chi connectivity index (χ1v) is 7.93. The lowest BCUT2D eigenvalue weighted by molar-refractivity contribution is 0.0697. The summed E-state index contributed by atoms with van der Waals surface area (Å²) in [4.78, 5) is 26.5. The lowest BCUT2D eigenvalue weighted by Crippen LogP contribution is -2.14. The maximum absolute atomic E-state index is 12.1. The third kappa shape index (κ3) is 3.63. The lowest BCUT2D eigenvalue weighted by atomic mass is 10.1. The summed E-state index contributed by atoms with van der Waals surface area (Å²) in [5.74, 6) is -1.05. The number of nitrogens with one attached hydrogen (secondary N) is 2. The summed E-state index contributed by atoms with van der Waals surface area (Å²) in [6, 6.07) is 12.3. The summed E-state index contributed by atoms with van der Waals surface area (Å²) in [5.41, 5.74) is 3.03. The number of amides is 1. The molecule has 0 bridgehead atoms. The Morgan fingerprint density at radius 3 is 2.64 bits per heavy atom. The largest absolute Gasteiger partial charge is 0.478 e. The number of aromatic amines is 1. The minimum atomic E-state index is -1.05. The van der Waals surface area contributed by atoms with Gasteiger partial charge in [-0.3, -0.25) is 5.32 Å². The Balaban J connectivity index is 1.83. The Morgan fingerprint density at radius 1 is 1.20 bits per heavy atom. The highest BCUT2D eigenvalue weighted by Crippen LogP contribution is 2.28. The Bertz CT molecular complexity index is 916. The van der Waals surface area contributed by atoms with Crippen LogP contribution in [0.15, 0.2) is 48.7 Å². The van der Waals surface area contributed by atoms with E-state index in [1.54, 1.807) is 6.07 Å². The molecule has 0 atom stereocenters. The second-order valence-electron chi connectivity index (χ2n) is 5.61. The first kappa shape index (κ1) is 16.6. The van der Waals surface area contributed by atoms with E-state index < -0.39 is 12.1 Å². The first-order chi connectivity index (χ1) is 12.1. The number of benzene rings is 2. The van der Waals surface area contributed by atoms with Crippen molar-refractivity contribution in [2.45, 2.75) is 20.0 Å². The van der Waals surface area contributed by atoms with Gasteiger partial charge in [-0.15, -0.1) is 0 Å². The fourth-order valence-electron chi connectivity index (χ4n) is 2.67. The first-order valence-electron chi connectivity index (χ1n) is 7.93. The van der Waals surface area contributed by atoms with Gasteiger partial charge in [-0.25, -0.2) is 9.59 Å². The number of H-pyrrole nitrogens is 1. The molecule has 0 radical (unpaired) electrons. The molecule has 1 aromatic heterocycles. The number of aryl methyl sites for hydroxylation is 1. The van der Waals surface area contributed by atoms with Crippen LogP contribution < -0.4 is 5.32 Å². The molecule has 2 aromatic carbocycles. The molecule has 0 fully saturated rings. The number of hydrogen-bond acceptors (Lipinski definition) is 3. The second kappa shape index (κ2) is 7.09. The van der Waals surface area contributed by atoms with Crippen LogP contribution >= 0.6 is 0 Å². The SMILES string of the molecule is CCc1c[nH]c2c(NC(=O)OCc3ccccc3)cc(C(=O)O)cc12. The Hall–Kier alpha value is -3.28. The van der Waals surface area contributed by atoms with Gasteiger partial charge in [0.1, 0.15) is 6.61 Å². The number of carbonyl (C=O) groups excluding carboxylic acids is 1. The monoisotopic (exact) mass is 338 g/mol. The van der Waals surface area contributed by atoms with Gasteiger partial charge in [0.05, 0.1) is 16.8 Å². The molecule has 1 heterocycles. The van der Waals surface area contributed by atoms with Crippen molar-refractivity contribution in [2.24, 2.45) is 0 Å². The van der Waals surface area contributed by atoms with Gasteiger partial charge in [-0.2, -0.15) is 0 Å². The van der Waals surface area contributed by atoms with Crippen LogP contribution in [0.3, 0.4) is 0 Å². The van der Waals surface area contributed by atoms with Crippen molar-refractivity contribution in [2.75, 3.05) is 5.32 Å². The Labute approximate surface area is 144 Å². The van der Waals surface area contributed by atoms with Crippen molar-refractivity contribution in [3.8, 4) is 0 Å². The zero-order valence-electron chi connectivity index (χ0n) is 13.7. The fourth-order valence-corrected chi connectivity index (χ4v) is 2.67. The Kier molecular flexibility index (Phi) is 4.70. The van der Waals surface area contributed by atoms with Crippen LogP contribution in [0.2, 0.25) is 0 Å². The number of ether oxygens (including phenoxy) is 1. The van der Waals surface area contributed by atoms with Crippen LogP contribution in [0.1, 0.15) is 28.4 Å². The number of carboxylic acid groups (broad SMARTS) is 1. The van der Waals surface area contributed by atoms with E-state index in [1.807, 2.05) is 43.5 Å². The molecule has 3 N–H and O–H groups in total. The van der Waals surface area contributed by atoms with Crippen LogP contribution in [0.4, 0.5) is 10.5 Å². The maximum Gasteiger partial charge on any atom is 0.412 e. The van der Waals surface area contributed by atoms with Crippen molar-refractivity contribution >= 4 is 28.7 Å². The number of rotatable bonds is 5. The molecule has 6 heteroatoms. The van der Waals surface area contributed by atoms with Crippen LogP contribution in [-0.4, -0.2) is 22.2 Å². The molecule has 128 valence electrons. The summed E-state index contributed by atoms with van der Waals surface area (Å²) in [5, 5.41) is 12.7. The van der Waals surface area contributed by atoms with Gasteiger partial charge in [0.15, 0.2) is 0 Å². The number of aromatic carboxylic acids is 1. The molecular formula is C19H18N2O4. The average Bonchev–Trinajstić information content (AvgIpc) is 3.04. The molecule has 3 aromatic rings. The minimum Gasteiger partial charge on any atom is -0.478 e. The highest BCUT2D eigenvalue weighted by Gasteiger charge is 2.15. The van der Waals surface area contributed by atoms with E-state index in [4.69, 9.17) is 4.74 Å². The average molecular weight is 338 g/mol. The summed E-state index contributed by atoms with van der Waals surface area (Å²) < 4.78 is 5.20. The number of carbonyl (C=O) groups is 2. The number of hydrogen-bond donors (Lipinski definition) is 3. The van der Waals surface area contributed by atoms with E-state index in [2.05, 4.69) is 10.3 Å². The number of anilines is 1. The van der Waals surface area contributed by atoms with Gasteiger partial charge in [0, 0.05) is 11.6 Å². The van der Waals surface area contributed by atoms with Crippen molar-refractivity contribution in [3.63, 3.8) is 0 Å². The number of fused-ring (bicyclic) bond motifs is 1. The normalized spacial score (nSPS) is 10.6. The summed E-state index contributed by atoms with van der Waals surface area (Å²) in [7, 11) is 0. The smallest absolute Gasteiger partial charge is 0.412 e. The highest BCUT2D eigenvalue weighted by molar-refractivity contribution is 6.04. The van der Waals surface area contributed by atoms with E-state index in [9.17, 15) is 14.7 Å². The molecule has 0 spiro atoms. The maximum atomic E-state index is 12.1. The van der Waals surface area contributed by atoms with E-state index in [1.165, 1.54) is 6.07 Å². The van der Waals surface area contributed by atoms with Crippen molar-refractivity contribution < 1.29 is 19.4 Å². The standard InChI is InChI=1S/C19H18N2O4/c1-2-13-10-20-17-15(13)8-14(18(22)23)9-16(17)21-19(24)25-11-12-6-4-3-5-7-12/h3-10,20H,2,11H2,1H3,(H,21,24)(H,22,23). The molecule has 0 aliphatic rings. The topological polar surface area (TPSA) is 91.4 Å². The molecule has 0 unspecified atom stereocenters. The molecule has 25 heavy (non-hydrogen) atoms. The fraction of sp³-hybridized carbons (Fsp3) is 0.158. The third-order valence-electron chi connectivity index (χ3n) is 3.95. The number of aromatic nitrogens is 1. The summed E-state index contributed by atoms with van der Waals surface area (Å²) in [6.45, 7) is 2.12. The Morgan fingerprint density at radius 2 is 1.96 bits per heavy atom. The van der Waals surface area contributed by atoms with Crippen molar-refractivity contribution in [3.05, 3.63) is 65.4 Å². The quantitative estimate of drug-likeness (QED) is 0.651. The van der Waals surface area contributed by atoms with Gasteiger partial charge in [0.2, 0.25) is 0 Å². The minimum absolute atomic E-state index is 0.111. The molecule has 1 amide bonds. The van der Waals surface area contributed by atoms with Crippen LogP contribution in [0.25, 0.3) is 10.9 Å². The molecule has 6 nitrogen and oxygen atoms in total. The van der Waals surface area contributed by atoms with Crippen molar-refractivity contribution in [1.29, 1.82) is 0 Å². The van der Waals surface area contributed by atoms with Crippen molar-refractivity contribution in [1.82, 2.24) is 4.98 Å². The lowest BCUT2D eigenvalue weighted by Gasteiger charge is -2.09. The van der Waals surface area contributed by atoms with Crippen LogP contribution in [0, 0.1) is 0 Å². The third-order valence-corrected chi connectivity index (χ3v) is 3.95. The second-order valence-corrected chi connectivity index (χ2v) is 5.61. The molecule has 3 rings (SSSR count). The molecule has 0 aliphatic carbocycles.